The predicted molar refractivity (Wildman–Crippen MR) is 128 cm³/mol. The van der Waals surface area contributed by atoms with Gasteiger partial charge in [-0.1, -0.05) is 62.4 Å². The zero-order valence-electron chi connectivity index (χ0n) is 19.8. The number of likely N-dealkylation sites (tertiary alicyclic amines) is 1. The van der Waals surface area contributed by atoms with Gasteiger partial charge in [0, 0.05) is 19.0 Å². The Hall–Kier alpha value is -3.35. The third kappa shape index (κ3) is 4.39. The molecule has 0 bridgehead atoms. The monoisotopic (exact) mass is 464 g/mol. The van der Waals surface area contributed by atoms with E-state index in [0.29, 0.717) is 38.8 Å². The molecule has 1 atom stereocenters. The van der Waals surface area contributed by atoms with Crippen LogP contribution in [0.4, 0.5) is 4.79 Å². The lowest BCUT2D eigenvalue weighted by Crippen LogP contribution is -2.53. The lowest BCUT2D eigenvalue weighted by atomic mass is 9.76. The number of carboxylic acids is 1. The van der Waals surface area contributed by atoms with Gasteiger partial charge in [-0.2, -0.15) is 0 Å². The van der Waals surface area contributed by atoms with Crippen LogP contribution in [-0.2, 0) is 14.3 Å². The molecule has 2 aliphatic rings. The minimum absolute atomic E-state index is 0.0470. The van der Waals surface area contributed by atoms with E-state index in [9.17, 15) is 19.5 Å². The van der Waals surface area contributed by atoms with Gasteiger partial charge in [0.2, 0.25) is 5.91 Å². The molecular weight excluding hydrogens is 432 g/mol. The number of nitrogens with one attached hydrogen (secondary N) is 1. The van der Waals surface area contributed by atoms with Gasteiger partial charge in [0.15, 0.2) is 0 Å². The number of carboxylic acid groups (broad SMARTS) is 1. The van der Waals surface area contributed by atoms with Gasteiger partial charge in [0.1, 0.15) is 12.6 Å². The summed E-state index contributed by atoms with van der Waals surface area (Å²) in [4.78, 5) is 39.0. The van der Waals surface area contributed by atoms with Gasteiger partial charge in [-0.05, 0) is 47.9 Å². The van der Waals surface area contributed by atoms with E-state index in [4.69, 9.17) is 4.74 Å². The van der Waals surface area contributed by atoms with Crippen LogP contribution in [0.1, 0.15) is 56.6 Å². The van der Waals surface area contributed by atoms with Gasteiger partial charge < -0.3 is 20.1 Å². The smallest absolute Gasteiger partial charge is 0.407 e. The molecule has 1 saturated heterocycles. The molecule has 0 spiro atoms. The Morgan fingerprint density at radius 2 is 1.59 bits per heavy atom. The molecule has 7 heteroatoms. The van der Waals surface area contributed by atoms with Crippen LogP contribution in [0.3, 0.4) is 0 Å². The van der Waals surface area contributed by atoms with Crippen molar-refractivity contribution in [2.24, 2.45) is 5.41 Å². The van der Waals surface area contributed by atoms with Crippen molar-refractivity contribution >= 4 is 18.0 Å². The van der Waals surface area contributed by atoms with Gasteiger partial charge in [0.05, 0.1) is 5.41 Å². The average Bonchev–Trinajstić information content (AvgIpc) is 3.19. The van der Waals surface area contributed by atoms with E-state index >= 15 is 0 Å². The second-order valence-corrected chi connectivity index (χ2v) is 9.20. The number of aliphatic carboxylic acids is 1. The number of carbonyl (C=O) groups is 3. The van der Waals surface area contributed by atoms with Crippen LogP contribution >= 0.6 is 0 Å². The van der Waals surface area contributed by atoms with E-state index in [1.54, 1.807) is 4.90 Å². The first-order chi connectivity index (χ1) is 16.4. The van der Waals surface area contributed by atoms with Gasteiger partial charge in [-0.3, -0.25) is 9.59 Å². The standard InChI is InChI=1S/C27H32N2O5/c1-3-23(24(30)29-15-13-27(4-2,14-16-29)25(31)32)28-26(33)34-17-22-20-11-7-5-9-18(20)19-10-6-8-12-21(19)22/h5-12,22-23H,3-4,13-17H2,1-2H3,(H,28,33)(H,31,32)/t23-/m1/s1. The predicted octanol–water partition coefficient (Wildman–Crippen LogP) is 4.41. The highest BCUT2D eigenvalue weighted by atomic mass is 16.5. The second kappa shape index (κ2) is 9.87. The molecule has 2 N–H and O–H groups in total. The first kappa shape index (κ1) is 23.8. The maximum absolute atomic E-state index is 13.0. The summed E-state index contributed by atoms with van der Waals surface area (Å²) in [6.07, 6.45) is 1.20. The van der Waals surface area contributed by atoms with Crippen LogP contribution < -0.4 is 5.32 Å². The Kier molecular flexibility index (Phi) is 6.91. The quantitative estimate of drug-likeness (QED) is 0.633. The lowest BCUT2D eigenvalue weighted by Gasteiger charge is -2.39. The van der Waals surface area contributed by atoms with E-state index in [1.807, 2.05) is 38.1 Å². The van der Waals surface area contributed by atoms with Crippen molar-refractivity contribution in [3.05, 3.63) is 59.7 Å². The maximum Gasteiger partial charge on any atom is 0.407 e. The summed E-state index contributed by atoms with van der Waals surface area (Å²) in [5.41, 5.74) is 3.81. The highest BCUT2D eigenvalue weighted by Crippen LogP contribution is 2.44. The lowest BCUT2D eigenvalue weighted by molar-refractivity contribution is -0.155. The largest absolute Gasteiger partial charge is 0.481 e. The summed E-state index contributed by atoms with van der Waals surface area (Å²) in [6.45, 7) is 4.65. The molecule has 1 aliphatic carbocycles. The molecule has 4 rings (SSSR count). The van der Waals surface area contributed by atoms with Crippen molar-refractivity contribution in [3.8, 4) is 11.1 Å². The van der Waals surface area contributed by atoms with Crippen LogP contribution in [0, 0.1) is 5.41 Å². The summed E-state index contributed by atoms with van der Waals surface area (Å²) in [5.74, 6) is -1.04. The summed E-state index contributed by atoms with van der Waals surface area (Å²) in [5, 5.41) is 12.3. The van der Waals surface area contributed by atoms with E-state index in [0.717, 1.165) is 22.3 Å². The van der Waals surface area contributed by atoms with Gasteiger partial charge in [-0.25, -0.2) is 4.79 Å². The van der Waals surface area contributed by atoms with Crippen LogP contribution in [0.5, 0.6) is 0 Å². The zero-order chi connectivity index (χ0) is 24.3. The molecule has 2 aromatic rings. The topological polar surface area (TPSA) is 95.9 Å². The van der Waals surface area contributed by atoms with Crippen molar-refractivity contribution in [2.75, 3.05) is 19.7 Å². The SMILES string of the molecule is CC[C@@H](NC(=O)OCC1c2ccccc2-c2ccccc21)C(=O)N1CCC(CC)(C(=O)O)CC1. The average molecular weight is 465 g/mol. The fraction of sp³-hybridized carbons (Fsp3) is 0.444. The number of ether oxygens (including phenoxy) is 1. The molecule has 0 aromatic heterocycles. The van der Waals surface area contributed by atoms with Crippen molar-refractivity contribution in [2.45, 2.75) is 51.5 Å². The van der Waals surface area contributed by atoms with Gasteiger partial charge >= 0.3 is 12.1 Å². The number of benzene rings is 2. The highest BCUT2D eigenvalue weighted by molar-refractivity contribution is 5.86. The molecule has 2 aromatic carbocycles. The van der Waals surface area contributed by atoms with Crippen molar-refractivity contribution in [1.82, 2.24) is 10.2 Å². The molecular formula is C27H32N2O5. The van der Waals surface area contributed by atoms with Crippen molar-refractivity contribution < 1.29 is 24.2 Å². The number of rotatable bonds is 7. The number of amides is 2. The Labute approximate surface area is 200 Å². The molecule has 0 saturated carbocycles. The van der Waals surface area contributed by atoms with E-state index in [2.05, 4.69) is 29.6 Å². The zero-order valence-corrected chi connectivity index (χ0v) is 19.8. The van der Waals surface area contributed by atoms with E-state index in [-0.39, 0.29) is 18.4 Å². The number of piperidine rings is 1. The minimum atomic E-state index is -0.800. The first-order valence-corrected chi connectivity index (χ1v) is 12.0. The fourth-order valence-corrected chi connectivity index (χ4v) is 5.21. The number of carbonyl (C=O) groups excluding carboxylic acids is 2. The Morgan fingerprint density at radius 3 is 2.09 bits per heavy atom. The molecule has 0 unspecified atom stereocenters. The third-order valence-electron chi connectivity index (χ3n) is 7.50. The number of alkyl carbamates (subject to hydrolysis) is 1. The molecule has 1 heterocycles. The summed E-state index contributed by atoms with van der Waals surface area (Å²) in [6, 6.07) is 15.6. The Morgan fingerprint density at radius 1 is 1.03 bits per heavy atom. The minimum Gasteiger partial charge on any atom is -0.481 e. The molecule has 0 radical (unpaired) electrons. The number of nitrogens with zero attached hydrogens (tertiary/aromatic N) is 1. The molecule has 1 fully saturated rings. The van der Waals surface area contributed by atoms with Crippen LogP contribution in [0.15, 0.2) is 48.5 Å². The summed E-state index contributed by atoms with van der Waals surface area (Å²) in [7, 11) is 0. The number of hydrogen-bond acceptors (Lipinski definition) is 4. The maximum atomic E-state index is 13.0. The third-order valence-corrected chi connectivity index (χ3v) is 7.50. The number of fused-ring (bicyclic) bond motifs is 3. The summed E-state index contributed by atoms with van der Waals surface area (Å²) < 4.78 is 5.59. The molecule has 1 aliphatic heterocycles. The van der Waals surface area contributed by atoms with E-state index in [1.165, 1.54) is 0 Å². The van der Waals surface area contributed by atoms with Crippen molar-refractivity contribution in [3.63, 3.8) is 0 Å². The molecule has 34 heavy (non-hydrogen) atoms. The van der Waals surface area contributed by atoms with Crippen LogP contribution in [0.25, 0.3) is 11.1 Å². The number of hydrogen-bond donors (Lipinski definition) is 2. The van der Waals surface area contributed by atoms with Gasteiger partial charge in [0.25, 0.3) is 0 Å². The van der Waals surface area contributed by atoms with Crippen LogP contribution in [-0.4, -0.2) is 53.7 Å². The van der Waals surface area contributed by atoms with E-state index < -0.39 is 23.5 Å². The molecule has 7 nitrogen and oxygen atoms in total. The Bertz CT molecular complexity index is 1030. The first-order valence-electron chi connectivity index (χ1n) is 12.0. The summed E-state index contributed by atoms with van der Waals surface area (Å²) >= 11 is 0. The van der Waals surface area contributed by atoms with Crippen LogP contribution in [0.2, 0.25) is 0 Å². The highest BCUT2D eigenvalue weighted by Gasteiger charge is 2.41. The second-order valence-electron chi connectivity index (χ2n) is 9.20. The molecule has 2 amide bonds. The molecule has 180 valence electrons. The van der Waals surface area contributed by atoms with Crippen molar-refractivity contribution in [1.29, 1.82) is 0 Å². The Balaban J connectivity index is 1.36. The van der Waals surface area contributed by atoms with Gasteiger partial charge in [-0.15, -0.1) is 0 Å². The fourth-order valence-electron chi connectivity index (χ4n) is 5.21. The normalized spacial score (nSPS) is 17.4.